The normalized spacial score (nSPS) is 29.3. The van der Waals surface area contributed by atoms with Crippen molar-refractivity contribution >= 4 is 15.9 Å². The molecule has 1 N–H and O–H groups in total. The van der Waals surface area contributed by atoms with Crippen LogP contribution in [-0.4, -0.2) is 19.2 Å². The molecule has 2 fully saturated rings. The molecule has 1 aromatic rings. The summed E-state index contributed by atoms with van der Waals surface area (Å²) in [6.07, 6.45) is 2.95. The van der Waals surface area contributed by atoms with E-state index in [-0.39, 0.29) is 11.9 Å². The van der Waals surface area contributed by atoms with Crippen molar-refractivity contribution in [3.05, 3.63) is 34.1 Å². The van der Waals surface area contributed by atoms with E-state index in [1.54, 1.807) is 0 Å². The molecule has 1 saturated carbocycles. The molecule has 1 saturated heterocycles. The van der Waals surface area contributed by atoms with Gasteiger partial charge in [0.05, 0.1) is 16.7 Å². The monoisotopic (exact) mass is 299 g/mol. The van der Waals surface area contributed by atoms with Gasteiger partial charge in [-0.1, -0.05) is 6.07 Å². The van der Waals surface area contributed by atoms with Crippen LogP contribution in [0, 0.1) is 11.7 Å². The summed E-state index contributed by atoms with van der Waals surface area (Å²) in [5, 5.41) is 3.40. The Morgan fingerprint density at radius 3 is 2.82 bits per heavy atom. The Kier molecular flexibility index (Phi) is 3.19. The van der Waals surface area contributed by atoms with E-state index in [1.165, 1.54) is 18.9 Å². The lowest BCUT2D eigenvalue weighted by atomic mass is 10.1. The fourth-order valence-electron chi connectivity index (χ4n) is 2.32. The zero-order valence-electron chi connectivity index (χ0n) is 9.46. The summed E-state index contributed by atoms with van der Waals surface area (Å²) in [5.74, 6) is 0.505. The minimum atomic E-state index is -0.226. The standard InChI is InChI=1S/C13H15BrFNO/c14-10-5-9(3-4-11(10)15)13-7-16-6-12(17-13)8-1-2-8/h3-5,8,12-13,16H,1-2,6-7H2. The van der Waals surface area contributed by atoms with Gasteiger partial charge in [-0.25, -0.2) is 4.39 Å². The average Bonchev–Trinajstić information content (AvgIpc) is 3.17. The number of morpholine rings is 1. The van der Waals surface area contributed by atoms with Crippen molar-refractivity contribution in [2.24, 2.45) is 5.92 Å². The van der Waals surface area contributed by atoms with E-state index < -0.39 is 0 Å². The van der Waals surface area contributed by atoms with E-state index in [1.807, 2.05) is 12.1 Å². The molecule has 1 heterocycles. The van der Waals surface area contributed by atoms with Crippen molar-refractivity contribution in [2.45, 2.75) is 25.0 Å². The minimum absolute atomic E-state index is 0.0475. The molecule has 1 aliphatic heterocycles. The van der Waals surface area contributed by atoms with Crippen LogP contribution in [0.1, 0.15) is 24.5 Å². The minimum Gasteiger partial charge on any atom is -0.367 e. The van der Waals surface area contributed by atoms with Crippen LogP contribution >= 0.6 is 15.9 Å². The summed E-state index contributed by atoms with van der Waals surface area (Å²) < 4.78 is 19.8. The zero-order valence-corrected chi connectivity index (χ0v) is 11.0. The number of ether oxygens (including phenoxy) is 1. The summed E-state index contributed by atoms with van der Waals surface area (Å²) in [6.45, 7) is 1.75. The predicted molar refractivity (Wildman–Crippen MR) is 67.3 cm³/mol. The number of hydrogen-bond donors (Lipinski definition) is 1. The molecule has 0 bridgehead atoms. The van der Waals surface area contributed by atoms with Gasteiger partial charge in [-0.15, -0.1) is 0 Å². The van der Waals surface area contributed by atoms with Crippen LogP contribution in [-0.2, 0) is 4.74 Å². The predicted octanol–water partition coefficient (Wildman–Crippen LogP) is 3.03. The van der Waals surface area contributed by atoms with Gasteiger partial charge in [0.1, 0.15) is 5.82 Å². The Balaban J connectivity index is 1.75. The van der Waals surface area contributed by atoms with Gasteiger partial charge < -0.3 is 10.1 Å². The van der Waals surface area contributed by atoms with Crippen LogP contribution in [0.3, 0.4) is 0 Å². The fourth-order valence-corrected chi connectivity index (χ4v) is 2.72. The molecular weight excluding hydrogens is 285 g/mol. The molecule has 3 rings (SSSR count). The van der Waals surface area contributed by atoms with Crippen molar-refractivity contribution in [3.63, 3.8) is 0 Å². The first-order valence-electron chi connectivity index (χ1n) is 6.05. The average molecular weight is 300 g/mol. The number of benzene rings is 1. The third kappa shape index (κ3) is 2.54. The first-order valence-corrected chi connectivity index (χ1v) is 6.84. The highest BCUT2D eigenvalue weighted by molar-refractivity contribution is 9.10. The van der Waals surface area contributed by atoms with Crippen LogP contribution in [0.2, 0.25) is 0 Å². The maximum absolute atomic E-state index is 13.2. The highest BCUT2D eigenvalue weighted by Crippen LogP contribution is 2.38. The van der Waals surface area contributed by atoms with Gasteiger partial charge in [-0.3, -0.25) is 0 Å². The van der Waals surface area contributed by atoms with Crippen LogP contribution in [0.4, 0.5) is 4.39 Å². The van der Waals surface area contributed by atoms with E-state index in [9.17, 15) is 4.39 Å². The highest BCUT2D eigenvalue weighted by atomic mass is 79.9. The van der Waals surface area contributed by atoms with Gasteiger partial charge in [-0.2, -0.15) is 0 Å². The summed E-state index contributed by atoms with van der Waals surface area (Å²) in [4.78, 5) is 0. The lowest BCUT2D eigenvalue weighted by molar-refractivity contribution is -0.0494. The van der Waals surface area contributed by atoms with Crippen LogP contribution < -0.4 is 5.32 Å². The Bertz CT molecular complexity index is 422. The lowest BCUT2D eigenvalue weighted by Gasteiger charge is -2.31. The quantitative estimate of drug-likeness (QED) is 0.906. The molecule has 17 heavy (non-hydrogen) atoms. The van der Waals surface area contributed by atoms with Gasteiger partial charge in [0.15, 0.2) is 0 Å². The summed E-state index contributed by atoms with van der Waals surface area (Å²) in [6, 6.07) is 5.11. The lowest BCUT2D eigenvalue weighted by Crippen LogP contribution is -2.41. The molecule has 2 atom stereocenters. The third-order valence-corrected chi connectivity index (χ3v) is 4.09. The molecule has 0 radical (unpaired) electrons. The molecule has 0 amide bonds. The van der Waals surface area contributed by atoms with Crippen molar-refractivity contribution in [3.8, 4) is 0 Å². The number of halogens is 2. The Morgan fingerprint density at radius 2 is 2.12 bits per heavy atom. The van der Waals surface area contributed by atoms with E-state index in [0.717, 1.165) is 24.6 Å². The van der Waals surface area contributed by atoms with Crippen molar-refractivity contribution < 1.29 is 9.13 Å². The Hall–Kier alpha value is -0.450. The Morgan fingerprint density at radius 1 is 1.29 bits per heavy atom. The topological polar surface area (TPSA) is 21.3 Å². The first-order chi connectivity index (χ1) is 8.24. The first kappa shape index (κ1) is 11.6. The van der Waals surface area contributed by atoms with E-state index in [4.69, 9.17) is 4.74 Å². The molecule has 2 aliphatic rings. The number of hydrogen-bond acceptors (Lipinski definition) is 2. The number of rotatable bonds is 2. The van der Waals surface area contributed by atoms with Gasteiger partial charge in [-0.05, 0) is 52.4 Å². The Labute approximate surface area is 109 Å². The molecule has 2 nitrogen and oxygen atoms in total. The molecular formula is C13H15BrFNO. The van der Waals surface area contributed by atoms with E-state index >= 15 is 0 Å². The number of nitrogens with one attached hydrogen (secondary N) is 1. The molecule has 92 valence electrons. The van der Waals surface area contributed by atoms with E-state index in [2.05, 4.69) is 21.2 Å². The van der Waals surface area contributed by atoms with Crippen molar-refractivity contribution in [2.75, 3.05) is 13.1 Å². The molecule has 4 heteroatoms. The highest BCUT2D eigenvalue weighted by Gasteiger charge is 2.36. The third-order valence-electron chi connectivity index (χ3n) is 3.48. The van der Waals surface area contributed by atoms with Crippen molar-refractivity contribution in [1.29, 1.82) is 0 Å². The largest absolute Gasteiger partial charge is 0.367 e. The maximum Gasteiger partial charge on any atom is 0.137 e. The summed E-state index contributed by atoms with van der Waals surface area (Å²) in [5.41, 5.74) is 1.04. The smallest absolute Gasteiger partial charge is 0.137 e. The van der Waals surface area contributed by atoms with Crippen molar-refractivity contribution in [1.82, 2.24) is 5.32 Å². The second kappa shape index (κ2) is 4.67. The molecule has 2 unspecified atom stereocenters. The van der Waals surface area contributed by atoms with E-state index in [0.29, 0.717) is 10.6 Å². The second-order valence-electron chi connectivity index (χ2n) is 4.83. The summed E-state index contributed by atoms with van der Waals surface area (Å²) >= 11 is 3.22. The van der Waals surface area contributed by atoms with Gasteiger partial charge in [0, 0.05) is 13.1 Å². The van der Waals surface area contributed by atoms with Gasteiger partial charge >= 0.3 is 0 Å². The van der Waals surface area contributed by atoms with Crippen LogP contribution in [0.5, 0.6) is 0 Å². The van der Waals surface area contributed by atoms with Crippen LogP contribution in [0.15, 0.2) is 22.7 Å². The molecule has 1 aromatic carbocycles. The molecule has 0 aromatic heterocycles. The van der Waals surface area contributed by atoms with Gasteiger partial charge in [0.25, 0.3) is 0 Å². The molecule has 0 spiro atoms. The summed E-state index contributed by atoms with van der Waals surface area (Å²) in [7, 11) is 0. The SMILES string of the molecule is Fc1ccc(C2CNCC(C3CC3)O2)cc1Br. The zero-order chi connectivity index (χ0) is 11.8. The molecule has 1 aliphatic carbocycles. The fraction of sp³-hybridized carbons (Fsp3) is 0.538. The van der Waals surface area contributed by atoms with Crippen LogP contribution in [0.25, 0.3) is 0 Å². The second-order valence-corrected chi connectivity index (χ2v) is 5.69. The van der Waals surface area contributed by atoms with Gasteiger partial charge in [0.2, 0.25) is 0 Å². The maximum atomic E-state index is 13.2.